The predicted octanol–water partition coefficient (Wildman–Crippen LogP) is 5.68. The summed E-state index contributed by atoms with van der Waals surface area (Å²) in [6.45, 7) is 4.20. The van der Waals surface area contributed by atoms with Gasteiger partial charge in [-0.3, -0.25) is 4.98 Å². The minimum Gasteiger partial charge on any atom is -0.369 e. The first-order valence-corrected chi connectivity index (χ1v) is 10.7. The molecular weight excluding hydrogens is 406 g/mol. The average molecular weight is 431 g/mol. The maximum absolute atomic E-state index is 13.7. The molecule has 0 radical (unpaired) electrons. The van der Waals surface area contributed by atoms with Gasteiger partial charge in [0.25, 0.3) is 0 Å². The molecule has 2 heterocycles. The van der Waals surface area contributed by atoms with E-state index < -0.39 is 11.6 Å². The first-order valence-electron chi connectivity index (χ1n) is 10.7. The highest BCUT2D eigenvalue weighted by Gasteiger charge is 2.14. The van der Waals surface area contributed by atoms with Gasteiger partial charge < -0.3 is 15.1 Å². The van der Waals surface area contributed by atoms with Gasteiger partial charge in [-0.1, -0.05) is 6.07 Å². The van der Waals surface area contributed by atoms with E-state index in [1.165, 1.54) is 17.8 Å². The summed E-state index contributed by atoms with van der Waals surface area (Å²) in [5.41, 5.74) is 5.12. The van der Waals surface area contributed by atoms with Crippen molar-refractivity contribution < 1.29 is 8.78 Å². The topological polar surface area (TPSA) is 31.4 Å². The fourth-order valence-electron chi connectivity index (χ4n) is 4.13. The molecule has 32 heavy (non-hydrogen) atoms. The molecule has 1 N–H and O–H groups in total. The number of piperazine rings is 1. The number of aromatic nitrogens is 1. The highest BCUT2D eigenvalue weighted by Crippen LogP contribution is 2.31. The van der Waals surface area contributed by atoms with Crippen LogP contribution >= 0.6 is 0 Å². The molecule has 6 heteroatoms. The van der Waals surface area contributed by atoms with Crippen molar-refractivity contribution in [3.05, 3.63) is 84.6 Å². The van der Waals surface area contributed by atoms with E-state index in [1.54, 1.807) is 6.20 Å². The Balaban J connectivity index is 1.42. The molecule has 1 aromatic heterocycles. The van der Waals surface area contributed by atoms with Gasteiger partial charge in [0, 0.05) is 60.9 Å². The molecule has 1 fully saturated rings. The molecule has 4 aromatic rings. The molecule has 162 valence electrons. The number of hydrogen-bond acceptors (Lipinski definition) is 4. The number of pyridine rings is 1. The zero-order chi connectivity index (χ0) is 22.1. The molecule has 3 aromatic carbocycles. The lowest BCUT2D eigenvalue weighted by molar-refractivity contribution is 0.313. The summed E-state index contributed by atoms with van der Waals surface area (Å²) in [5, 5.41) is 4.36. The zero-order valence-corrected chi connectivity index (χ0v) is 17.9. The van der Waals surface area contributed by atoms with Crippen molar-refractivity contribution in [2.24, 2.45) is 0 Å². The van der Waals surface area contributed by atoms with Gasteiger partial charge in [-0.2, -0.15) is 0 Å². The van der Waals surface area contributed by atoms with Crippen LogP contribution in [0.4, 0.5) is 25.8 Å². The Kier molecular flexibility index (Phi) is 5.45. The van der Waals surface area contributed by atoms with Crippen molar-refractivity contribution in [2.45, 2.75) is 0 Å². The smallest absolute Gasteiger partial charge is 0.126 e. The fraction of sp³-hybridized carbons (Fsp3) is 0.192. The summed E-state index contributed by atoms with van der Waals surface area (Å²) in [6, 6.07) is 19.5. The molecule has 0 aliphatic carbocycles. The summed E-state index contributed by atoms with van der Waals surface area (Å²) < 4.78 is 27.4. The van der Waals surface area contributed by atoms with E-state index in [1.807, 2.05) is 24.3 Å². The number of rotatable bonds is 4. The van der Waals surface area contributed by atoms with Gasteiger partial charge in [0.15, 0.2) is 0 Å². The third-order valence-corrected chi connectivity index (χ3v) is 5.95. The molecule has 0 amide bonds. The van der Waals surface area contributed by atoms with E-state index in [0.717, 1.165) is 60.1 Å². The quantitative estimate of drug-likeness (QED) is 0.452. The lowest BCUT2D eigenvalue weighted by atomic mass is 10.0. The highest BCUT2D eigenvalue weighted by molar-refractivity contribution is 5.95. The maximum atomic E-state index is 13.7. The Bertz CT molecular complexity index is 1230. The van der Waals surface area contributed by atoms with Crippen LogP contribution in [-0.4, -0.2) is 43.1 Å². The zero-order valence-electron chi connectivity index (χ0n) is 17.9. The van der Waals surface area contributed by atoms with Crippen molar-refractivity contribution in [3.63, 3.8) is 0 Å². The summed E-state index contributed by atoms with van der Waals surface area (Å²) >= 11 is 0. The number of nitrogens with one attached hydrogen (secondary N) is 1. The molecule has 5 rings (SSSR count). The van der Waals surface area contributed by atoms with Crippen LogP contribution in [0.3, 0.4) is 0 Å². The minimum absolute atomic E-state index is 0.496. The summed E-state index contributed by atoms with van der Waals surface area (Å²) in [4.78, 5) is 9.18. The Morgan fingerprint density at radius 2 is 1.50 bits per heavy atom. The molecule has 1 saturated heterocycles. The Labute approximate surface area is 186 Å². The van der Waals surface area contributed by atoms with Gasteiger partial charge in [0.2, 0.25) is 0 Å². The van der Waals surface area contributed by atoms with Crippen LogP contribution in [0.5, 0.6) is 0 Å². The Morgan fingerprint density at radius 1 is 0.781 bits per heavy atom. The van der Waals surface area contributed by atoms with E-state index >= 15 is 0 Å². The van der Waals surface area contributed by atoms with Crippen LogP contribution in [0.1, 0.15) is 0 Å². The van der Waals surface area contributed by atoms with Crippen LogP contribution in [0.25, 0.3) is 22.0 Å². The first-order chi connectivity index (χ1) is 15.5. The summed E-state index contributed by atoms with van der Waals surface area (Å²) in [7, 11) is 2.15. The van der Waals surface area contributed by atoms with E-state index in [-0.39, 0.29) is 0 Å². The largest absolute Gasteiger partial charge is 0.369 e. The molecule has 1 aliphatic rings. The molecule has 0 unspecified atom stereocenters. The standard InChI is InChI=1S/C26H24F2N4/c1-31-10-12-32(13-11-31)23-5-3-22(4-6-23)30-26-8-9-29-25-7-2-18(16-24(25)26)19-14-20(27)17-21(28)15-19/h2-9,14-17H,10-13H2,1H3,(H,29,30). The summed E-state index contributed by atoms with van der Waals surface area (Å²) in [6.07, 6.45) is 1.75. The molecule has 1 aliphatic heterocycles. The van der Waals surface area contributed by atoms with Crippen LogP contribution in [0.15, 0.2) is 72.9 Å². The molecule has 4 nitrogen and oxygen atoms in total. The lowest BCUT2D eigenvalue weighted by Crippen LogP contribution is -2.44. The number of hydrogen-bond donors (Lipinski definition) is 1. The number of anilines is 3. The normalized spacial score (nSPS) is 14.7. The van der Waals surface area contributed by atoms with Crippen molar-refractivity contribution in [2.75, 3.05) is 43.4 Å². The monoisotopic (exact) mass is 430 g/mol. The summed E-state index contributed by atoms with van der Waals surface area (Å²) in [5.74, 6) is -1.19. The van der Waals surface area contributed by atoms with E-state index in [2.05, 4.69) is 51.4 Å². The van der Waals surface area contributed by atoms with Gasteiger partial charge >= 0.3 is 0 Å². The van der Waals surface area contributed by atoms with Crippen molar-refractivity contribution >= 4 is 28.0 Å². The van der Waals surface area contributed by atoms with E-state index in [9.17, 15) is 8.78 Å². The third-order valence-electron chi connectivity index (χ3n) is 5.95. The second-order valence-corrected chi connectivity index (χ2v) is 8.21. The van der Waals surface area contributed by atoms with E-state index in [4.69, 9.17) is 0 Å². The van der Waals surface area contributed by atoms with Gasteiger partial charge in [-0.05, 0) is 72.8 Å². The lowest BCUT2D eigenvalue weighted by Gasteiger charge is -2.34. The second-order valence-electron chi connectivity index (χ2n) is 8.21. The molecule has 0 bridgehead atoms. The number of nitrogens with zero attached hydrogens (tertiary/aromatic N) is 3. The molecule has 0 atom stereocenters. The van der Waals surface area contributed by atoms with Crippen LogP contribution in [-0.2, 0) is 0 Å². The number of likely N-dealkylation sites (N-methyl/N-ethyl adjacent to an activating group) is 1. The third kappa shape index (κ3) is 4.27. The average Bonchev–Trinajstić information content (AvgIpc) is 2.79. The SMILES string of the molecule is CN1CCN(c2ccc(Nc3ccnc4ccc(-c5cc(F)cc(F)c5)cc34)cc2)CC1. The van der Waals surface area contributed by atoms with Gasteiger partial charge in [0.05, 0.1) is 5.52 Å². The van der Waals surface area contributed by atoms with Gasteiger partial charge in [0.1, 0.15) is 11.6 Å². The predicted molar refractivity (Wildman–Crippen MR) is 127 cm³/mol. The van der Waals surface area contributed by atoms with E-state index in [0.29, 0.717) is 5.56 Å². The van der Waals surface area contributed by atoms with Gasteiger partial charge in [-0.25, -0.2) is 8.78 Å². The Hall–Kier alpha value is -3.51. The minimum atomic E-state index is -0.593. The fourth-order valence-corrected chi connectivity index (χ4v) is 4.13. The van der Waals surface area contributed by atoms with Crippen molar-refractivity contribution in [3.8, 4) is 11.1 Å². The molecule has 0 saturated carbocycles. The number of benzene rings is 3. The second kappa shape index (κ2) is 8.55. The van der Waals surface area contributed by atoms with Crippen LogP contribution in [0.2, 0.25) is 0 Å². The van der Waals surface area contributed by atoms with Crippen LogP contribution < -0.4 is 10.2 Å². The Morgan fingerprint density at radius 3 is 2.22 bits per heavy atom. The number of fused-ring (bicyclic) bond motifs is 1. The molecular formula is C26H24F2N4. The first kappa shape index (κ1) is 20.4. The number of halogens is 2. The van der Waals surface area contributed by atoms with Gasteiger partial charge in [-0.15, -0.1) is 0 Å². The maximum Gasteiger partial charge on any atom is 0.126 e. The highest BCUT2D eigenvalue weighted by atomic mass is 19.1. The molecule has 0 spiro atoms. The van der Waals surface area contributed by atoms with Crippen molar-refractivity contribution in [1.82, 2.24) is 9.88 Å². The van der Waals surface area contributed by atoms with Crippen LogP contribution in [0, 0.1) is 11.6 Å². The van der Waals surface area contributed by atoms with Crippen molar-refractivity contribution in [1.29, 1.82) is 0 Å².